The fraction of sp³-hybridized carbons (Fsp3) is 0.400. The van der Waals surface area contributed by atoms with Gasteiger partial charge in [0.15, 0.2) is 22.6 Å². The van der Waals surface area contributed by atoms with Crippen LogP contribution in [-0.2, 0) is 4.79 Å². The van der Waals surface area contributed by atoms with E-state index in [2.05, 4.69) is 15.5 Å². The SMILES string of the molecule is CCCCCOc1c(F)cc(C=NN=C2NC(=O)CS2)cc1F. The van der Waals surface area contributed by atoms with Crippen LogP contribution in [0.2, 0.25) is 0 Å². The fourth-order valence-corrected chi connectivity index (χ4v) is 2.48. The van der Waals surface area contributed by atoms with Gasteiger partial charge in [0, 0.05) is 5.56 Å². The number of thioether (sulfide) groups is 1. The van der Waals surface area contributed by atoms with Crippen molar-refractivity contribution in [3.63, 3.8) is 0 Å². The van der Waals surface area contributed by atoms with Crippen molar-refractivity contribution in [1.29, 1.82) is 0 Å². The Balaban J connectivity index is 1.99. The number of rotatable bonds is 7. The molecule has 0 spiro atoms. The van der Waals surface area contributed by atoms with Crippen LogP contribution in [0.25, 0.3) is 0 Å². The third-order valence-electron chi connectivity index (χ3n) is 2.96. The van der Waals surface area contributed by atoms with Crippen LogP contribution in [-0.4, -0.2) is 29.6 Å². The third kappa shape index (κ3) is 5.31. The van der Waals surface area contributed by atoms with Gasteiger partial charge in [-0.1, -0.05) is 31.5 Å². The predicted molar refractivity (Wildman–Crippen MR) is 87.0 cm³/mol. The van der Waals surface area contributed by atoms with E-state index in [1.807, 2.05) is 6.92 Å². The van der Waals surface area contributed by atoms with Gasteiger partial charge in [-0.15, -0.1) is 5.10 Å². The van der Waals surface area contributed by atoms with Crippen LogP contribution in [0.5, 0.6) is 5.75 Å². The molecule has 0 atom stereocenters. The van der Waals surface area contributed by atoms with Crippen LogP contribution in [0.15, 0.2) is 22.3 Å². The first-order chi connectivity index (χ1) is 11.1. The smallest absolute Gasteiger partial charge is 0.236 e. The van der Waals surface area contributed by atoms with Gasteiger partial charge in [0.2, 0.25) is 5.91 Å². The molecule has 1 amide bonds. The van der Waals surface area contributed by atoms with Gasteiger partial charge in [-0.3, -0.25) is 4.79 Å². The minimum absolute atomic E-state index is 0.148. The maximum atomic E-state index is 13.9. The standard InChI is InChI=1S/C15H17F2N3O2S/c1-2-3-4-5-22-14-11(16)6-10(7-12(14)17)8-18-20-15-19-13(21)9-23-15/h6-8H,2-5,9H2,1H3,(H,19,20,21). The highest BCUT2D eigenvalue weighted by molar-refractivity contribution is 8.15. The molecule has 1 aromatic rings. The Morgan fingerprint density at radius 2 is 2.09 bits per heavy atom. The van der Waals surface area contributed by atoms with Gasteiger partial charge in [0.25, 0.3) is 0 Å². The predicted octanol–water partition coefficient (Wildman–Crippen LogP) is 3.09. The summed E-state index contributed by atoms with van der Waals surface area (Å²) >= 11 is 1.21. The van der Waals surface area contributed by atoms with Crippen LogP contribution >= 0.6 is 11.8 Å². The summed E-state index contributed by atoms with van der Waals surface area (Å²) in [5, 5.41) is 10.3. The number of amidine groups is 1. The highest BCUT2D eigenvalue weighted by atomic mass is 32.2. The maximum absolute atomic E-state index is 13.9. The highest BCUT2D eigenvalue weighted by Crippen LogP contribution is 2.23. The van der Waals surface area contributed by atoms with Gasteiger partial charge in [-0.05, 0) is 18.6 Å². The Hall–Kier alpha value is -1.96. The normalized spacial score (nSPS) is 16.3. The summed E-state index contributed by atoms with van der Waals surface area (Å²) in [4.78, 5) is 11.0. The zero-order valence-corrected chi connectivity index (χ0v) is 13.5. The number of unbranched alkanes of at least 4 members (excludes halogenated alkanes) is 2. The molecule has 8 heteroatoms. The molecule has 23 heavy (non-hydrogen) atoms. The topological polar surface area (TPSA) is 63.1 Å². The summed E-state index contributed by atoms with van der Waals surface area (Å²) in [6.45, 7) is 2.31. The van der Waals surface area contributed by atoms with Gasteiger partial charge in [-0.25, -0.2) is 8.78 Å². The van der Waals surface area contributed by atoms with Crippen molar-refractivity contribution in [2.45, 2.75) is 26.2 Å². The molecule has 2 rings (SSSR count). The molecule has 0 saturated carbocycles. The van der Waals surface area contributed by atoms with Crippen molar-refractivity contribution >= 4 is 29.1 Å². The van der Waals surface area contributed by atoms with E-state index in [9.17, 15) is 13.6 Å². The Bertz CT molecular complexity index is 612. The first-order valence-corrected chi connectivity index (χ1v) is 8.24. The van der Waals surface area contributed by atoms with E-state index in [1.165, 1.54) is 18.0 Å². The van der Waals surface area contributed by atoms with E-state index in [4.69, 9.17) is 4.74 Å². The summed E-state index contributed by atoms with van der Waals surface area (Å²) < 4.78 is 32.9. The lowest BCUT2D eigenvalue weighted by atomic mass is 10.2. The number of nitrogens with one attached hydrogen (secondary N) is 1. The molecule has 1 heterocycles. The summed E-state index contributed by atoms with van der Waals surface area (Å²) in [6.07, 6.45) is 3.92. The minimum Gasteiger partial charge on any atom is -0.488 e. The van der Waals surface area contributed by atoms with Gasteiger partial charge in [0.1, 0.15) is 0 Å². The minimum atomic E-state index is -0.779. The van der Waals surface area contributed by atoms with Crippen LogP contribution in [0.4, 0.5) is 8.78 Å². The molecule has 0 aliphatic carbocycles. The Morgan fingerprint density at radius 1 is 1.35 bits per heavy atom. The Kier molecular flexibility index (Phi) is 6.52. The van der Waals surface area contributed by atoms with E-state index in [1.54, 1.807) is 0 Å². The lowest BCUT2D eigenvalue weighted by Gasteiger charge is -2.08. The van der Waals surface area contributed by atoms with Crippen molar-refractivity contribution < 1.29 is 18.3 Å². The molecule has 1 fully saturated rings. The van der Waals surface area contributed by atoms with E-state index in [0.717, 1.165) is 31.4 Å². The van der Waals surface area contributed by atoms with Crippen molar-refractivity contribution in [1.82, 2.24) is 5.32 Å². The van der Waals surface area contributed by atoms with Gasteiger partial charge >= 0.3 is 0 Å². The number of hydrogen-bond acceptors (Lipinski definition) is 5. The Labute approximate surface area is 137 Å². The molecule has 0 unspecified atom stereocenters. The summed E-state index contributed by atoms with van der Waals surface area (Å²) in [5.41, 5.74) is 0.222. The van der Waals surface area contributed by atoms with Crippen LogP contribution in [0, 0.1) is 11.6 Å². The number of amides is 1. The van der Waals surface area contributed by atoms with E-state index in [0.29, 0.717) is 10.9 Å². The molecule has 1 N–H and O–H groups in total. The number of carbonyl (C=O) groups is 1. The number of carbonyl (C=O) groups excluding carboxylic acids is 1. The average molecular weight is 341 g/mol. The molecule has 0 bridgehead atoms. The molecular weight excluding hydrogens is 324 g/mol. The zero-order valence-electron chi connectivity index (χ0n) is 12.6. The van der Waals surface area contributed by atoms with Crippen LogP contribution < -0.4 is 10.1 Å². The van der Waals surface area contributed by atoms with Crippen LogP contribution in [0.1, 0.15) is 31.7 Å². The zero-order chi connectivity index (χ0) is 16.7. The molecule has 1 saturated heterocycles. The first kappa shape index (κ1) is 17.4. The highest BCUT2D eigenvalue weighted by Gasteiger charge is 2.16. The lowest BCUT2D eigenvalue weighted by Crippen LogP contribution is -2.19. The van der Waals surface area contributed by atoms with E-state index < -0.39 is 11.6 Å². The van der Waals surface area contributed by atoms with Crippen molar-refractivity contribution in [2.75, 3.05) is 12.4 Å². The van der Waals surface area contributed by atoms with Gasteiger partial charge in [0.05, 0.1) is 18.6 Å². The number of nitrogens with zero attached hydrogens (tertiary/aromatic N) is 2. The monoisotopic (exact) mass is 341 g/mol. The van der Waals surface area contributed by atoms with Crippen LogP contribution in [0.3, 0.4) is 0 Å². The van der Waals surface area contributed by atoms with Gasteiger partial charge < -0.3 is 10.1 Å². The number of halogens is 2. The molecule has 1 aliphatic heterocycles. The summed E-state index contributed by atoms with van der Waals surface area (Å²) in [5.74, 6) is -1.78. The summed E-state index contributed by atoms with van der Waals surface area (Å²) in [7, 11) is 0. The molecular formula is C15H17F2N3O2S. The fourth-order valence-electron chi connectivity index (χ4n) is 1.85. The second-order valence-corrected chi connectivity index (χ2v) is 5.82. The second-order valence-electron chi connectivity index (χ2n) is 4.86. The molecule has 0 radical (unpaired) electrons. The number of ether oxygens (including phenoxy) is 1. The molecule has 1 aromatic carbocycles. The van der Waals surface area contributed by atoms with Crippen molar-refractivity contribution in [2.24, 2.45) is 10.2 Å². The Morgan fingerprint density at radius 3 is 2.70 bits per heavy atom. The van der Waals surface area contributed by atoms with E-state index in [-0.39, 0.29) is 23.8 Å². The summed E-state index contributed by atoms with van der Waals surface area (Å²) in [6, 6.07) is 2.25. The van der Waals surface area contributed by atoms with E-state index >= 15 is 0 Å². The average Bonchev–Trinajstić information content (AvgIpc) is 2.91. The molecule has 5 nitrogen and oxygen atoms in total. The third-order valence-corrected chi connectivity index (χ3v) is 3.82. The van der Waals surface area contributed by atoms with Crippen molar-refractivity contribution in [3.05, 3.63) is 29.3 Å². The molecule has 124 valence electrons. The lowest BCUT2D eigenvalue weighted by molar-refractivity contribution is -0.116. The second kappa shape index (κ2) is 8.61. The van der Waals surface area contributed by atoms with Gasteiger partial charge in [-0.2, -0.15) is 5.10 Å². The number of hydrogen-bond donors (Lipinski definition) is 1. The quantitative estimate of drug-likeness (QED) is 0.471. The molecule has 0 aromatic heterocycles. The first-order valence-electron chi connectivity index (χ1n) is 7.25. The van der Waals surface area contributed by atoms with Crippen molar-refractivity contribution in [3.8, 4) is 5.75 Å². The molecule has 1 aliphatic rings. The maximum Gasteiger partial charge on any atom is 0.236 e. The largest absolute Gasteiger partial charge is 0.488 e. The number of benzene rings is 1.